The molecule has 2 heteroatoms. The fraction of sp³-hybridized carbons (Fsp3) is 0. The molecule has 0 saturated heterocycles. The molecule has 4 aromatic carbocycles. The lowest BCUT2D eigenvalue weighted by atomic mass is 10.1. The Morgan fingerprint density at radius 1 is 0.346 bits per heavy atom. The van der Waals surface area contributed by atoms with Crippen molar-refractivity contribution in [1.82, 2.24) is 0 Å². The average molecular weight is 363 g/mol. The summed E-state index contributed by atoms with van der Waals surface area (Å²) in [4.78, 5) is 0. The fourth-order valence-electron chi connectivity index (χ4n) is 3.06. The Labute approximate surface area is 160 Å². The van der Waals surface area contributed by atoms with E-state index in [2.05, 4.69) is 109 Å². The molecule has 0 N–H and O–H groups in total. The third kappa shape index (κ3) is 3.77. The van der Waals surface area contributed by atoms with E-state index in [1.807, 2.05) is 0 Å². The second kappa shape index (κ2) is 8.13. The Balaban J connectivity index is 1.62. The lowest BCUT2D eigenvalue weighted by Crippen LogP contribution is -2.31. The largest absolute Gasteiger partial charge is 0.0720 e. The molecule has 0 bridgehead atoms. The molecular formula is C24H18Si2. The van der Waals surface area contributed by atoms with Gasteiger partial charge in [0.1, 0.15) is 0 Å². The summed E-state index contributed by atoms with van der Waals surface area (Å²) in [6, 6.07) is 39.0. The first-order chi connectivity index (χ1) is 12.9. The van der Waals surface area contributed by atoms with Crippen LogP contribution in [-0.4, -0.2) is 18.1 Å². The first-order valence-electron chi connectivity index (χ1n) is 8.73. The second-order valence-electron chi connectivity index (χ2n) is 6.07. The van der Waals surface area contributed by atoms with Crippen molar-refractivity contribution in [3.05, 3.63) is 109 Å². The van der Waals surface area contributed by atoms with Gasteiger partial charge in [-0.3, -0.25) is 0 Å². The normalized spacial score (nSPS) is 10.6. The van der Waals surface area contributed by atoms with Crippen LogP contribution < -0.4 is 10.4 Å². The Bertz CT molecular complexity index is 896. The van der Waals surface area contributed by atoms with E-state index in [1.165, 1.54) is 32.6 Å². The molecule has 0 saturated carbocycles. The average Bonchev–Trinajstić information content (AvgIpc) is 2.74. The first kappa shape index (κ1) is 16.8. The van der Waals surface area contributed by atoms with Crippen LogP contribution in [-0.2, 0) is 0 Å². The van der Waals surface area contributed by atoms with E-state index < -0.39 is 0 Å². The van der Waals surface area contributed by atoms with Crippen LogP contribution in [0.25, 0.3) is 22.3 Å². The van der Waals surface area contributed by atoms with Gasteiger partial charge in [0.25, 0.3) is 0 Å². The molecule has 0 atom stereocenters. The standard InChI is InChI=1S/C24H18Si2/c1-3-11-19(12-4-1)21-15-7-9-17-23(21)25-26-24-18-10-8-16-22(24)20-13-5-2-6-14-20/h1-18H. The number of benzene rings is 4. The summed E-state index contributed by atoms with van der Waals surface area (Å²) in [5.74, 6) is 0. The van der Waals surface area contributed by atoms with Crippen molar-refractivity contribution in [2.24, 2.45) is 0 Å². The summed E-state index contributed by atoms with van der Waals surface area (Å²) < 4.78 is 0. The van der Waals surface area contributed by atoms with E-state index in [9.17, 15) is 0 Å². The number of hydrogen-bond donors (Lipinski definition) is 0. The Kier molecular flexibility index (Phi) is 5.24. The predicted molar refractivity (Wildman–Crippen MR) is 115 cm³/mol. The molecule has 4 aromatic rings. The Morgan fingerprint density at radius 3 is 1.12 bits per heavy atom. The summed E-state index contributed by atoms with van der Waals surface area (Å²) >= 11 is 0. The van der Waals surface area contributed by atoms with Crippen LogP contribution in [0, 0.1) is 0 Å². The predicted octanol–water partition coefficient (Wildman–Crippen LogP) is 4.29. The summed E-state index contributed by atoms with van der Waals surface area (Å²) in [5, 5.41) is 2.89. The van der Waals surface area contributed by atoms with Crippen LogP contribution in [0.4, 0.5) is 0 Å². The van der Waals surface area contributed by atoms with Crippen LogP contribution >= 0.6 is 0 Å². The minimum atomic E-state index is 0.775. The third-order valence-electron chi connectivity index (χ3n) is 4.36. The van der Waals surface area contributed by atoms with Gasteiger partial charge in [-0.2, -0.15) is 0 Å². The van der Waals surface area contributed by atoms with Gasteiger partial charge in [-0.05, 0) is 22.3 Å². The first-order valence-corrected chi connectivity index (χ1v) is 11.7. The Morgan fingerprint density at radius 2 is 0.692 bits per heavy atom. The van der Waals surface area contributed by atoms with Gasteiger partial charge in [0.05, 0.1) is 18.1 Å². The van der Waals surface area contributed by atoms with Crippen molar-refractivity contribution in [2.75, 3.05) is 0 Å². The van der Waals surface area contributed by atoms with Crippen LogP contribution in [0.2, 0.25) is 0 Å². The summed E-state index contributed by atoms with van der Waals surface area (Å²) in [6.07, 6.45) is 0. The molecule has 4 radical (unpaired) electrons. The molecule has 26 heavy (non-hydrogen) atoms. The van der Waals surface area contributed by atoms with Crippen molar-refractivity contribution >= 4 is 28.4 Å². The number of rotatable bonds is 5. The molecule has 0 heterocycles. The maximum absolute atomic E-state index is 2.28. The van der Waals surface area contributed by atoms with Gasteiger partial charge in [-0.1, -0.05) is 120 Å². The molecule has 0 aromatic heterocycles. The third-order valence-corrected chi connectivity index (χ3v) is 7.88. The lowest BCUT2D eigenvalue weighted by molar-refractivity contribution is 1.64. The van der Waals surface area contributed by atoms with Crippen LogP contribution in [0.15, 0.2) is 109 Å². The molecular weight excluding hydrogens is 344 g/mol. The van der Waals surface area contributed by atoms with Gasteiger partial charge in [0.2, 0.25) is 0 Å². The second-order valence-corrected chi connectivity index (χ2v) is 9.15. The highest BCUT2D eigenvalue weighted by molar-refractivity contribution is 7.13. The van der Waals surface area contributed by atoms with Gasteiger partial charge >= 0.3 is 0 Å². The molecule has 4 rings (SSSR count). The molecule has 0 aliphatic rings. The summed E-state index contributed by atoms with van der Waals surface area (Å²) in [6.45, 7) is 0. The van der Waals surface area contributed by atoms with Crippen molar-refractivity contribution < 1.29 is 0 Å². The zero-order chi connectivity index (χ0) is 17.6. The van der Waals surface area contributed by atoms with E-state index in [0.717, 1.165) is 18.1 Å². The topological polar surface area (TPSA) is 0 Å². The highest BCUT2D eigenvalue weighted by Crippen LogP contribution is 2.17. The summed E-state index contributed by atoms with van der Waals surface area (Å²) in [7, 11) is 1.55. The molecule has 0 aliphatic heterocycles. The zero-order valence-electron chi connectivity index (χ0n) is 14.4. The van der Waals surface area contributed by atoms with Gasteiger partial charge in [-0.15, -0.1) is 0 Å². The van der Waals surface area contributed by atoms with Crippen LogP contribution in [0.1, 0.15) is 0 Å². The van der Waals surface area contributed by atoms with E-state index in [1.54, 1.807) is 0 Å². The van der Waals surface area contributed by atoms with Crippen LogP contribution in [0.5, 0.6) is 0 Å². The fourth-order valence-corrected chi connectivity index (χ4v) is 6.53. The van der Waals surface area contributed by atoms with E-state index in [4.69, 9.17) is 0 Å². The van der Waals surface area contributed by atoms with Crippen molar-refractivity contribution in [3.63, 3.8) is 0 Å². The van der Waals surface area contributed by atoms with E-state index in [-0.39, 0.29) is 0 Å². The van der Waals surface area contributed by atoms with Crippen LogP contribution in [0.3, 0.4) is 0 Å². The summed E-state index contributed by atoms with van der Waals surface area (Å²) in [5.41, 5.74) is 5.32. The van der Waals surface area contributed by atoms with Gasteiger partial charge < -0.3 is 0 Å². The number of hydrogen-bond acceptors (Lipinski definition) is 0. The molecule has 0 amide bonds. The van der Waals surface area contributed by atoms with E-state index >= 15 is 0 Å². The lowest BCUT2D eigenvalue weighted by Gasteiger charge is -2.11. The molecule has 0 spiro atoms. The van der Waals surface area contributed by atoms with Crippen molar-refractivity contribution in [3.8, 4) is 22.3 Å². The SMILES string of the molecule is c1ccc(-c2ccccc2[Si][Si]c2ccccc2-c2ccccc2)cc1. The highest BCUT2D eigenvalue weighted by atomic mass is 29.1. The minimum absolute atomic E-state index is 0.775. The van der Waals surface area contributed by atoms with Crippen molar-refractivity contribution in [1.29, 1.82) is 0 Å². The molecule has 0 unspecified atom stereocenters. The van der Waals surface area contributed by atoms with Crippen molar-refractivity contribution in [2.45, 2.75) is 0 Å². The van der Waals surface area contributed by atoms with E-state index in [0.29, 0.717) is 0 Å². The monoisotopic (exact) mass is 362 g/mol. The maximum atomic E-state index is 2.28. The maximum Gasteiger partial charge on any atom is 0.0720 e. The molecule has 0 fully saturated rings. The van der Waals surface area contributed by atoms with Gasteiger partial charge in [0, 0.05) is 0 Å². The molecule has 0 aliphatic carbocycles. The smallest absolute Gasteiger partial charge is 0.0632 e. The molecule has 0 nitrogen and oxygen atoms in total. The highest BCUT2D eigenvalue weighted by Gasteiger charge is 2.09. The molecule has 122 valence electrons. The van der Waals surface area contributed by atoms with Gasteiger partial charge in [-0.25, -0.2) is 0 Å². The minimum Gasteiger partial charge on any atom is -0.0632 e. The zero-order valence-corrected chi connectivity index (χ0v) is 16.4. The quantitative estimate of drug-likeness (QED) is 0.465. The van der Waals surface area contributed by atoms with Gasteiger partial charge in [0.15, 0.2) is 0 Å². The Hall–Kier alpha value is -2.69.